The average molecular weight is 462 g/mol. The summed E-state index contributed by atoms with van der Waals surface area (Å²) in [5.74, 6) is 6.08. The molecule has 9 nitrogen and oxygen atoms in total. The summed E-state index contributed by atoms with van der Waals surface area (Å²) in [6.07, 6.45) is 4.81. The lowest BCUT2D eigenvalue weighted by Gasteiger charge is -2.23. The van der Waals surface area contributed by atoms with Gasteiger partial charge in [0.2, 0.25) is 0 Å². The van der Waals surface area contributed by atoms with Crippen LogP contribution in [0.15, 0.2) is 63.8 Å². The molecule has 0 radical (unpaired) electrons. The number of nitrogens with one attached hydrogen (secondary N) is 1. The number of carbonyl (C=O) groups is 1. The number of hydrogen-bond donors (Lipinski definition) is 4. The summed E-state index contributed by atoms with van der Waals surface area (Å²) in [6, 6.07) is 15.6. The maximum atomic E-state index is 13.5. The highest BCUT2D eigenvalue weighted by atomic mass is 16.4. The van der Waals surface area contributed by atoms with Crippen molar-refractivity contribution in [2.24, 2.45) is 26.8 Å². The van der Waals surface area contributed by atoms with E-state index in [1.54, 1.807) is 4.90 Å². The largest absolute Gasteiger partial charge is 0.411 e. The van der Waals surface area contributed by atoms with Crippen molar-refractivity contribution in [3.05, 3.63) is 59.7 Å². The number of nitrogens with two attached hydrogens (primary N) is 2. The number of oxime groups is 1. The average Bonchev–Trinajstić information content (AvgIpc) is 3.44. The first-order valence-corrected chi connectivity index (χ1v) is 11.6. The lowest BCUT2D eigenvalue weighted by atomic mass is 9.97. The van der Waals surface area contributed by atoms with Gasteiger partial charge in [-0.1, -0.05) is 79.9 Å². The molecule has 1 heterocycles. The normalized spacial score (nSPS) is 18.0. The lowest BCUT2D eigenvalue weighted by Crippen LogP contribution is -2.42. The van der Waals surface area contributed by atoms with E-state index >= 15 is 0 Å². The molecule has 2 aromatic rings. The molecule has 1 aliphatic carbocycles. The first-order chi connectivity index (χ1) is 16.5. The molecule has 1 saturated carbocycles. The van der Waals surface area contributed by atoms with Crippen LogP contribution in [0.1, 0.15) is 56.6 Å². The van der Waals surface area contributed by atoms with Gasteiger partial charge in [0, 0.05) is 5.56 Å². The lowest BCUT2D eigenvalue weighted by molar-refractivity contribution is -0.131. The van der Waals surface area contributed by atoms with Crippen LogP contribution in [0.25, 0.3) is 11.1 Å². The second kappa shape index (κ2) is 10.0. The molecule has 0 aromatic heterocycles. The summed E-state index contributed by atoms with van der Waals surface area (Å²) >= 11 is 0. The number of aliphatic imine (C=N–C) groups is 1. The van der Waals surface area contributed by atoms with Crippen LogP contribution in [0.3, 0.4) is 0 Å². The van der Waals surface area contributed by atoms with Gasteiger partial charge in [0.05, 0.1) is 6.54 Å². The van der Waals surface area contributed by atoms with Crippen LogP contribution < -0.4 is 17.1 Å². The Balaban J connectivity index is 1.61. The van der Waals surface area contributed by atoms with E-state index in [4.69, 9.17) is 16.6 Å². The third kappa shape index (κ3) is 4.38. The molecule has 1 aliphatic heterocycles. The van der Waals surface area contributed by atoms with E-state index in [1.165, 1.54) is 0 Å². The number of hydrazine groups is 1. The monoisotopic (exact) mass is 461 g/mol. The van der Waals surface area contributed by atoms with Gasteiger partial charge in [0.15, 0.2) is 11.7 Å². The van der Waals surface area contributed by atoms with E-state index in [0.29, 0.717) is 30.3 Å². The Kier molecular flexibility index (Phi) is 6.93. The van der Waals surface area contributed by atoms with Gasteiger partial charge in [0.1, 0.15) is 11.3 Å². The molecule has 0 bridgehead atoms. The predicted molar refractivity (Wildman–Crippen MR) is 133 cm³/mol. The van der Waals surface area contributed by atoms with Crippen LogP contribution in [0.2, 0.25) is 0 Å². The Morgan fingerprint density at radius 1 is 1.18 bits per heavy atom. The van der Waals surface area contributed by atoms with Crippen LogP contribution in [-0.2, 0) is 11.3 Å². The van der Waals surface area contributed by atoms with E-state index in [2.05, 4.69) is 15.8 Å². The van der Waals surface area contributed by atoms with Crippen molar-refractivity contribution in [2.45, 2.75) is 57.5 Å². The maximum absolute atomic E-state index is 13.5. The fourth-order valence-corrected chi connectivity index (χ4v) is 4.81. The van der Waals surface area contributed by atoms with Gasteiger partial charge in [-0.15, -0.1) is 5.10 Å². The Morgan fingerprint density at radius 2 is 1.88 bits per heavy atom. The second-order valence-electron chi connectivity index (χ2n) is 8.73. The standard InChI is InChI=1S/C25H31N7O2/c1-2-7-21(30-34)23-28-25(14-5-6-15-25)24(33)32(23)16-17-10-12-18(13-11-17)19-8-3-4-9-20(19)22(26)29-31-27/h3-4,8-13,31,34H,2,5-7,14-16,27H2,1H3,(H2,26,29)/b30-21-. The summed E-state index contributed by atoms with van der Waals surface area (Å²) < 4.78 is 0. The van der Waals surface area contributed by atoms with Gasteiger partial charge in [-0.3, -0.25) is 9.69 Å². The molecule has 4 rings (SSSR count). The molecule has 0 atom stereocenters. The smallest absolute Gasteiger partial charge is 0.256 e. The Bertz CT molecular complexity index is 1130. The minimum atomic E-state index is -0.703. The highest BCUT2D eigenvalue weighted by Gasteiger charge is 2.50. The van der Waals surface area contributed by atoms with Crippen molar-refractivity contribution in [2.75, 3.05) is 0 Å². The van der Waals surface area contributed by atoms with Gasteiger partial charge < -0.3 is 10.9 Å². The molecule has 0 unspecified atom stereocenters. The third-order valence-corrected chi connectivity index (χ3v) is 6.51. The SMILES string of the molecule is CCC/C(=N/O)C1=NC2(CCCC2)C(=O)N1Cc1ccc(-c2ccccc2/C(N)=N/NN)cc1. The van der Waals surface area contributed by atoms with Crippen LogP contribution in [0, 0.1) is 0 Å². The first-order valence-electron chi connectivity index (χ1n) is 11.6. The number of benzene rings is 2. The van der Waals surface area contributed by atoms with Crippen molar-refractivity contribution in [1.29, 1.82) is 0 Å². The highest BCUT2D eigenvalue weighted by molar-refractivity contribution is 6.45. The van der Waals surface area contributed by atoms with Crippen LogP contribution >= 0.6 is 0 Å². The Morgan fingerprint density at radius 3 is 2.53 bits per heavy atom. The number of hydrazone groups is 1. The molecule has 9 heteroatoms. The molecule has 178 valence electrons. The van der Waals surface area contributed by atoms with Gasteiger partial charge in [0.25, 0.3) is 5.91 Å². The molecule has 1 amide bonds. The van der Waals surface area contributed by atoms with Gasteiger partial charge in [-0.25, -0.2) is 16.4 Å². The number of carbonyl (C=O) groups excluding carboxylic acids is 1. The van der Waals surface area contributed by atoms with E-state index in [1.807, 2.05) is 55.5 Å². The number of amides is 1. The summed E-state index contributed by atoms with van der Waals surface area (Å²) in [7, 11) is 0. The fourth-order valence-electron chi connectivity index (χ4n) is 4.81. The summed E-state index contributed by atoms with van der Waals surface area (Å²) in [6.45, 7) is 2.38. The fraction of sp³-hybridized carbons (Fsp3) is 0.360. The van der Waals surface area contributed by atoms with Crippen LogP contribution in [-0.4, -0.2) is 38.9 Å². The van der Waals surface area contributed by atoms with E-state index in [-0.39, 0.29) is 5.91 Å². The van der Waals surface area contributed by atoms with Gasteiger partial charge in [-0.2, -0.15) is 0 Å². The quantitative estimate of drug-likeness (QED) is 0.157. The minimum Gasteiger partial charge on any atom is -0.411 e. The molecule has 0 saturated heterocycles. The van der Waals surface area contributed by atoms with Crippen molar-refractivity contribution in [3.8, 4) is 11.1 Å². The predicted octanol–water partition coefficient (Wildman–Crippen LogP) is 3.12. The molecule has 6 N–H and O–H groups in total. The molecule has 34 heavy (non-hydrogen) atoms. The van der Waals surface area contributed by atoms with Gasteiger partial charge >= 0.3 is 0 Å². The van der Waals surface area contributed by atoms with Crippen LogP contribution in [0.4, 0.5) is 0 Å². The van der Waals surface area contributed by atoms with Crippen LogP contribution in [0.5, 0.6) is 0 Å². The zero-order chi connectivity index (χ0) is 24.1. The molecular weight excluding hydrogens is 430 g/mol. The van der Waals surface area contributed by atoms with Crippen molar-refractivity contribution < 1.29 is 10.0 Å². The van der Waals surface area contributed by atoms with E-state index < -0.39 is 5.54 Å². The number of hydrogen-bond acceptors (Lipinski definition) is 7. The third-order valence-electron chi connectivity index (χ3n) is 6.51. The van der Waals surface area contributed by atoms with E-state index in [0.717, 1.165) is 54.4 Å². The van der Waals surface area contributed by atoms with Crippen molar-refractivity contribution >= 4 is 23.3 Å². The first kappa shape index (κ1) is 23.4. The topological polar surface area (TPSA) is 142 Å². The maximum Gasteiger partial charge on any atom is 0.256 e. The summed E-state index contributed by atoms with van der Waals surface area (Å²) in [5.41, 5.74) is 11.7. The Hall–Kier alpha value is -3.72. The zero-order valence-corrected chi connectivity index (χ0v) is 19.4. The molecule has 1 fully saturated rings. The number of rotatable bonds is 8. The number of nitrogens with zero attached hydrogens (tertiary/aromatic N) is 4. The minimum absolute atomic E-state index is 0.00458. The molecule has 1 spiro atoms. The Labute approximate surface area is 199 Å². The van der Waals surface area contributed by atoms with Crippen molar-refractivity contribution in [3.63, 3.8) is 0 Å². The summed E-state index contributed by atoms with van der Waals surface area (Å²) in [5, 5.41) is 17.0. The highest BCUT2D eigenvalue weighted by Crippen LogP contribution is 2.40. The second-order valence-corrected chi connectivity index (χ2v) is 8.73. The number of amidine groups is 2. The zero-order valence-electron chi connectivity index (χ0n) is 19.4. The summed E-state index contributed by atoms with van der Waals surface area (Å²) in [4.78, 5) is 20.0. The van der Waals surface area contributed by atoms with Gasteiger partial charge in [-0.05, 0) is 36.0 Å². The molecule has 2 aromatic carbocycles. The molecular formula is C25H31N7O2. The molecule has 2 aliphatic rings. The van der Waals surface area contributed by atoms with Crippen molar-refractivity contribution in [1.82, 2.24) is 10.4 Å². The van der Waals surface area contributed by atoms with E-state index in [9.17, 15) is 10.0 Å².